The van der Waals surface area contributed by atoms with Crippen LogP contribution >= 0.6 is 23.4 Å². The van der Waals surface area contributed by atoms with Crippen molar-refractivity contribution in [1.82, 2.24) is 9.97 Å². The topological polar surface area (TPSA) is 277 Å². The zero-order chi connectivity index (χ0) is 86.8. The summed E-state index contributed by atoms with van der Waals surface area (Å²) in [5.74, 6) is -9.37. The van der Waals surface area contributed by atoms with Gasteiger partial charge in [0, 0.05) is 60.8 Å². The molecule has 0 spiro atoms. The third-order valence-electron chi connectivity index (χ3n) is 16.2. The fraction of sp³-hybridized carbons (Fsp3) is 0.400. The van der Waals surface area contributed by atoms with Crippen molar-refractivity contribution < 1.29 is 153 Å². The van der Waals surface area contributed by atoms with Crippen molar-refractivity contribution in [2.75, 3.05) is 163 Å². The highest BCUT2D eigenvalue weighted by molar-refractivity contribution is 7.98. The molecule has 628 valence electrons. The van der Waals surface area contributed by atoms with E-state index in [0.29, 0.717) is 72.1 Å². The van der Waals surface area contributed by atoms with Crippen molar-refractivity contribution in [2.45, 2.75) is 51.4 Å². The Hall–Kier alpha value is -11.0. The number of fused-ring (bicyclic) bond motifs is 3. The fourth-order valence-electron chi connectivity index (χ4n) is 9.88. The highest BCUT2D eigenvalue weighted by Crippen LogP contribution is 2.37. The van der Waals surface area contributed by atoms with E-state index < -0.39 is 87.8 Å². The minimum absolute atomic E-state index is 0.0000926. The molecule has 3 saturated heterocycles. The Labute approximate surface area is 660 Å². The van der Waals surface area contributed by atoms with E-state index in [1.807, 2.05) is 13.2 Å². The van der Waals surface area contributed by atoms with E-state index in [2.05, 4.69) is 48.6 Å². The zero-order valence-electron chi connectivity index (χ0n) is 65.6. The van der Waals surface area contributed by atoms with Crippen LogP contribution in [-0.2, 0) is 45.1 Å². The average molecular weight is 1670 g/mol. The Kier molecular flexibility index (Phi) is 45.8. The molecular formula is C75H90ClF11N6O20S+2. The summed E-state index contributed by atoms with van der Waals surface area (Å²) in [6, 6.07) is 11.2. The Bertz CT molecular complexity index is 4110. The van der Waals surface area contributed by atoms with Crippen LogP contribution in [0.2, 0.25) is 0 Å². The van der Waals surface area contributed by atoms with Gasteiger partial charge in [0.15, 0.2) is 153 Å². The van der Waals surface area contributed by atoms with Crippen LogP contribution < -0.4 is 62.2 Å². The third-order valence-corrected chi connectivity index (χ3v) is 17.2. The summed E-state index contributed by atoms with van der Waals surface area (Å²) < 4.78 is 215. The van der Waals surface area contributed by atoms with E-state index >= 15 is 0 Å². The average Bonchev–Trinajstić information content (AvgIpc) is 0.701. The van der Waals surface area contributed by atoms with Gasteiger partial charge in [0.2, 0.25) is 6.54 Å². The van der Waals surface area contributed by atoms with E-state index in [0.717, 1.165) is 55.7 Å². The molecule has 3 aliphatic heterocycles. The Morgan fingerprint density at radius 3 is 1.14 bits per heavy atom. The van der Waals surface area contributed by atoms with E-state index in [1.54, 1.807) is 32.2 Å². The number of quaternary nitrogens is 2. The number of esters is 2. The number of aliphatic hydroxyl groups excluding tert-OH is 1. The van der Waals surface area contributed by atoms with Crippen LogP contribution in [-0.4, -0.2) is 207 Å². The normalized spacial score (nSPS) is 13.5. The number of thioether (sulfide) groups is 1. The van der Waals surface area contributed by atoms with Gasteiger partial charge >= 0.3 is 18.1 Å². The number of rotatable bonds is 23. The van der Waals surface area contributed by atoms with Crippen molar-refractivity contribution in [2.24, 2.45) is 0 Å². The number of methoxy groups -OCH3 is 14. The van der Waals surface area contributed by atoms with Gasteiger partial charge in [0.25, 0.3) is 0 Å². The molecule has 0 saturated carbocycles. The molecule has 2 N–H and O–H groups in total. The summed E-state index contributed by atoms with van der Waals surface area (Å²) in [6.07, 6.45) is 5.61. The molecule has 26 nitrogen and oxygen atoms in total. The predicted molar refractivity (Wildman–Crippen MR) is 394 cm³/mol. The summed E-state index contributed by atoms with van der Waals surface area (Å²) >= 11 is 7.29. The molecule has 6 aromatic carbocycles. The van der Waals surface area contributed by atoms with Crippen LogP contribution in [0.3, 0.4) is 0 Å². The van der Waals surface area contributed by atoms with Crippen molar-refractivity contribution in [3.8, 4) is 69.0 Å². The van der Waals surface area contributed by atoms with Gasteiger partial charge in [-0.2, -0.15) is 9.59 Å². The molecule has 0 amide bonds. The molecule has 4 heterocycles. The zero-order valence-corrected chi connectivity index (χ0v) is 67.2. The number of alkyl halides is 1. The standard InChI is InChI=1S/C11H14F2O2.C10H9F2NO2.C10H10F2O4.C10H12F2O2.C10H12O4.C9H10F2O3.C7H14ClFN2.C7H9N3OS.CO2/c1-4-5-7-10(12)8(14-2)6-9(15-3)11(7)13;1-13-5-6-9(11)7(14-2)4-8(15-3)10(6)12;1-14-5-4-6(15-2)9(12)7(8(5)11)10(13)16-3;1-4-6-9(11)7(13-2)5-8(14-3)10(6)12;1-12-8-4-7(10(11)14-3)5-9(6-8)13-2;1-13-6-3-7(14-2)9(11)5(4-12)8(6)10;8-7-10-1-4-11(9,5-2-10)6-3-10;1-8-6-5(4-11)3-9-7(10-6)12-2;2-1-3/h6H,4-5H2,1-3H3;4H,5H2,2-3H3;4H,1-3H3;5H,4H2,1-3H3;4-6H,1-3H3;3,12H,4H2,1-2H3;1-7H2;3-4H,1-2H3,(H,8,9,10);/q;;;;;;+2;;. The first kappa shape index (κ1) is 101. The Morgan fingerprint density at radius 2 is 0.868 bits per heavy atom. The van der Waals surface area contributed by atoms with E-state index in [4.69, 9.17) is 70.8 Å². The highest BCUT2D eigenvalue weighted by atomic mass is 35.5. The molecular weight excluding hydrogens is 1580 g/mol. The lowest BCUT2D eigenvalue weighted by molar-refractivity contribution is -1.15. The molecule has 10 rings (SSSR count). The first-order valence-electron chi connectivity index (χ1n) is 33.1. The van der Waals surface area contributed by atoms with Crippen molar-refractivity contribution in [3.63, 3.8) is 0 Å². The lowest BCUT2D eigenvalue weighted by atomic mass is 10.1. The maximum Gasteiger partial charge on any atom is 0.373 e. The number of carbonyl (C=O) groups excluding carboxylic acids is 5. The lowest BCUT2D eigenvalue weighted by Crippen LogP contribution is -2.71. The largest absolute Gasteiger partial charge is 0.497 e. The fourth-order valence-corrected chi connectivity index (χ4v) is 10.6. The molecule has 39 heteroatoms. The second-order valence-corrected chi connectivity index (χ2v) is 23.5. The third kappa shape index (κ3) is 28.0. The summed E-state index contributed by atoms with van der Waals surface area (Å²) in [5.41, 5.74) is -0.727. The number of hydrogen-bond acceptors (Lipinski definition) is 24. The monoisotopic (exact) mass is 1670 g/mol. The number of benzene rings is 6. The molecule has 3 fully saturated rings. The second-order valence-electron chi connectivity index (χ2n) is 22.4. The quantitative estimate of drug-likeness (QED) is 0.00575. The van der Waals surface area contributed by atoms with Crippen LogP contribution in [0.4, 0.5) is 54.2 Å². The molecule has 0 aliphatic carbocycles. The molecule has 2 bridgehead atoms. The maximum atomic E-state index is 13.6. The number of halogens is 12. The first-order chi connectivity index (χ1) is 54.3. The smallest absolute Gasteiger partial charge is 0.373 e. The second kappa shape index (κ2) is 51.6. The number of nitrogens with one attached hydrogen (secondary N) is 1. The summed E-state index contributed by atoms with van der Waals surface area (Å²) in [6.45, 7) is 13.8. The number of ether oxygens (including phenoxy) is 14. The Balaban J connectivity index is 0.000000649. The van der Waals surface area contributed by atoms with Gasteiger partial charge in [-0.15, -0.1) is 4.71 Å². The SMILES string of the molecule is CCCc1c(F)c(OC)cc(OC)c1F.CCc1c(F)c(OC)cc(OC)c1F.CNc1nc(SC)ncc1C=O.COC(=O)c1c(F)c(OC)cc(OC)c1F.COC(=O)c1cc(OC)cc(OC)c1.COc1cc(OC)c(F)c(CO)c1F.F[N+]12CC[N+](CCl)(CC1)CC2.O=C=O.[C-]#[N+]Cc1c(F)c(OC)cc(OC)c1F. The molecule has 0 radical (unpaired) electrons. The number of piperazine rings is 3. The van der Waals surface area contributed by atoms with Gasteiger partial charge in [0.05, 0.1) is 123 Å². The van der Waals surface area contributed by atoms with Crippen LogP contribution in [0, 0.1) is 64.7 Å². The van der Waals surface area contributed by atoms with Crippen LogP contribution in [0.5, 0.6) is 69.0 Å². The van der Waals surface area contributed by atoms with Gasteiger partial charge in [-0.25, -0.2) is 70.0 Å². The van der Waals surface area contributed by atoms with Gasteiger partial charge in [-0.05, 0) is 35.7 Å². The van der Waals surface area contributed by atoms with E-state index in [1.165, 1.54) is 123 Å². The molecule has 0 atom stereocenters. The highest BCUT2D eigenvalue weighted by Gasteiger charge is 2.50. The van der Waals surface area contributed by atoms with Crippen molar-refractivity contribution >= 4 is 53.6 Å². The minimum Gasteiger partial charge on any atom is -0.497 e. The van der Waals surface area contributed by atoms with E-state index in [9.17, 15) is 62.8 Å². The minimum atomic E-state index is -1.13. The number of hydrogen-bond donors (Lipinski definition) is 2. The van der Waals surface area contributed by atoms with Gasteiger partial charge < -0.3 is 81.6 Å². The molecule has 114 heavy (non-hydrogen) atoms. The van der Waals surface area contributed by atoms with Crippen molar-refractivity contribution in [1.29, 1.82) is 0 Å². The molecule has 3 aliphatic rings. The number of aldehydes is 1. The number of anilines is 1. The number of aliphatic hydroxyl groups is 1. The summed E-state index contributed by atoms with van der Waals surface area (Å²) in [7, 11) is 19.9. The maximum absolute atomic E-state index is 13.6. The lowest BCUT2D eigenvalue weighted by Gasteiger charge is -2.48. The van der Waals surface area contributed by atoms with Crippen LogP contribution in [0.25, 0.3) is 4.85 Å². The Morgan fingerprint density at radius 1 is 0.535 bits per heavy atom. The number of carbonyl (C=O) groups is 3. The van der Waals surface area contributed by atoms with Gasteiger partial charge in [-0.1, -0.05) is 43.6 Å². The molecule has 7 aromatic rings. The summed E-state index contributed by atoms with van der Waals surface area (Å²) in [4.78, 5) is 60.1. The van der Waals surface area contributed by atoms with Gasteiger partial charge in [-0.3, -0.25) is 9.28 Å². The predicted octanol–water partition coefficient (Wildman–Crippen LogP) is 13.8. The van der Waals surface area contributed by atoms with Crippen molar-refractivity contribution in [3.05, 3.63) is 163 Å². The summed E-state index contributed by atoms with van der Waals surface area (Å²) in [5, 5.41) is 12.2. The molecule has 0 unspecified atom stereocenters. The van der Waals surface area contributed by atoms with Crippen LogP contribution in [0.1, 0.15) is 73.6 Å². The number of aromatic nitrogens is 2. The van der Waals surface area contributed by atoms with Crippen LogP contribution in [0.15, 0.2) is 59.9 Å². The number of nitrogens with zero attached hydrogens (tertiary/aromatic N) is 5. The molecule has 1 aromatic heterocycles. The van der Waals surface area contributed by atoms with E-state index in [-0.39, 0.29) is 98.0 Å². The first-order valence-corrected chi connectivity index (χ1v) is 34.8. The van der Waals surface area contributed by atoms with Gasteiger partial charge in [0.1, 0.15) is 48.1 Å².